The number of hydrogen-bond donors (Lipinski definition) is 0. The molecule has 0 aliphatic heterocycles. The molecular formula is C70H130O6. The maximum absolute atomic E-state index is 12.9. The summed E-state index contributed by atoms with van der Waals surface area (Å²) in [7, 11) is 0. The number of carbonyl (C=O) groups is 3. The molecule has 0 spiro atoms. The monoisotopic (exact) mass is 1070 g/mol. The second kappa shape index (κ2) is 65.2. The van der Waals surface area contributed by atoms with E-state index in [0.29, 0.717) is 19.3 Å². The van der Waals surface area contributed by atoms with Gasteiger partial charge in [-0.1, -0.05) is 320 Å². The average Bonchev–Trinajstić information content (AvgIpc) is 3.42. The molecule has 0 aromatic rings. The number of ether oxygens (including phenoxy) is 3. The van der Waals surface area contributed by atoms with Crippen LogP contribution in [-0.2, 0) is 28.6 Å². The van der Waals surface area contributed by atoms with Gasteiger partial charge in [-0.15, -0.1) is 0 Å². The molecular weight excluding hydrogens is 937 g/mol. The Morgan fingerprint density at radius 2 is 0.500 bits per heavy atom. The third-order valence-electron chi connectivity index (χ3n) is 15.3. The Balaban J connectivity index is 4.15. The number of allylic oxidation sites excluding steroid dienone is 6. The zero-order valence-electron chi connectivity index (χ0n) is 51.3. The van der Waals surface area contributed by atoms with Crippen LogP contribution in [-0.4, -0.2) is 37.2 Å². The van der Waals surface area contributed by atoms with Crippen LogP contribution in [0.15, 0.2) is 36.5 Å². The summed E-state index contributed by atoms with van der Waals surface area (Å²) in [5.41, 5.74) is 0. The minimum atomic E-state index is -0.772. The minimum Gasteiger partial charge on any atom is -0.462 e. The summed E-state index contributed by atoms with van der Waals surface area (Å²) in [4.78, 5) is 38.3. The highest BCUT2D eigenvalue weighted by atomic mass is 16.6. The average molecular weight is 1070 g/mol. The first-order chi connectivity index (χ1) is 37.5. The number of hydrogen-bond acceptors (Lipinski definition) is 6. The van der Waals surface area contributed by atoms with Crippen LogP contribution in [0.5, 0.6) is 0 Å². The number of esters is 3. The van der Waals surface area contributed by atoms with Crippen LogP contribution in [0, 0.1) is 0 Å². The number of carbonyl (C=O) groups excluding carboxylic acids is 3. The molecule has 0 aliphatic carbocycles. The second-order valence-electron chi connectivity index (χ2n) is 23.1. The molecule has 6 heteroatoms. The first-order valence-corrected chi connectivity index (χ1v) is 34.0. The Morgan fingerprint density at radius 1 is 0.263 bits per heavy atom. The summed E-state index contributed by atoms with van der Waals surface area (Å²) in [6, 6.07) is 0. The molecule has 0 saturated carbocycles. The topological polar surface area (TPSA) is 78.9 Å². The normalized spacial score (nSPS) is 12.2. The molecule has 1 unspecified atom stereocenters. The van der Waals surface area contributed by atoms with Gasteiger partial charge in [0.25, 0.3) is 0 Å². The molecule has 0 saturated heterocycles. The lowest BCUT2D eigenvalue weighted by Gasteiger charge is -2.18. The van der Waals surface area contributed by atoms with E-state index in [2.05, 4.69) is 57.2 Å². The van der Waals surface area contributed by atoms with Gasteiger partial charge in [0.1, 0.15) is 13.2 Å². The van der Waals surface area contributed by atoms with E-state index < -0.39 is 6.10 Å². The van der Waals surface area contributed by atoms with E-state index in [9.17, 15) is 14.4 Å². The molecule has 0 fully saturated rings. The van der Waals surface area contributed by atoms with Gasteiger partial charge >= 0.3 is 17.9 Å². The zero-order valence-corrected chi connectivity index (χ0v) is 51.3. The van der Waals surface area contributed by atoms with Gasteiger partial charge in [0.2, 0.25) is 0 Å². The summed E-state index contributed by atoms with van der Waals surface area (Å²) >= 11 is 0. The predicted octanol–water partition coefficient (Wildman–Crippen LogP) is 23.2. The minimum absolute atomic E-state index is 0.0699. The highest BCUT2D eigenvalue weighted by Gasteiger charge is 2.19. The molecule has 0 bridgehead atoms. The van der Waals surface area contributed by atoms with Crippen LogP contribution in [0.2, 0.25) is 0 Å². The van der Waals surface area contributed by atoms with Crippen molar-refractivity contribution < 1.29 is 28.6 Å². The predicted molar refractivity (Wildman–Crippen MR) is 330 cm³/mol. The zero-order chi connectivity index (χ0) is 55.0. The number of rotatable bonds is 63. The standard InChI is InChI=1S/C70H130O6/c1-4-7-10-13-16-19-22-24-26-28-30-32-33-34-35-36-37-39-40-42-44-46-48-51-54-57-60-63-69(72)75-66-67(65-74-68(71)62-59-56-53-50-21-18-15-12-9-6-3)76-70(73)64-61-58-55-52-49-47-45-43-41-38-31-29-27-25-23-20-17-14-11-8-5-2/h12,15,22,24,28,30,67H,4-11,13-14,16-21,23,25-27,29,31-66H2,1-3H3/b15-12-,24-22-,30-28-. The molecule has 0 aromatic heterocycles. The van der Waals surface area contributed by atoms with Gasteiger partial charge in [0.05, 0.1) is 0 Å². The molecule has 0 aliphatic rings. The van der Waals surface area contributed by atoms with Crippen molar-refractivity contribution in [2.24, 2.45) is 0 Å². The van der Waals surface area contributed by atoms with Crippen molar-refractivity contribution in [1.82, 2.24) is 0 Å². The fraction of sp³-hybridized carbons (Fsp3) is 0.871. The van der Waals surface area contributed by atoms with E-state index in [4.69, 9.17) is 14.2 Å². The lowest BCUT2D eigenvalue weighted by atomic mass is 10.0. The fourth-order valence-corrected chi connectivity index (χ4v) is 10.2. The summed E-state index contributed by atoms with van der Waals surface area (Å²) < 4.78 is 16.9. The van der Waals surface area contributed by atoms with Crippen LogP contribution >= 0.6 is 0 Å². The van der Waals surface area contributed by atoms with Crippen LogP contribution in [0.4, 0.5) is 0 Å². The smallest absolute Gasteiger partial charge is 0.306 e. The Kier molecular flexibility index (Phi) is 63.1. The van der Waals surface area contributed by atoms with Gasteiger partial charge in [-0.3, -0.25) is 14.4 Å². The molecule has 0 amide bonds. The van der Waals surface area contributed by atoms with Gasteiger partial charge in [-0.2, -0.15) is 0 Å². The molecule has 0 aromatic carbocycles. The Morgan fingerprint density at radius 3 is 0.789 bits per heavy atom. The van der Waals surface area contributed by atoms with Crippen molar-refractivity contribution in [1.29, 1.82) is 0 Å². The summed E-state index contributed by atoms with van der Waals surface area (Å²) in [5.74, 6) is -0.856. The molecule has 0 rings (SSSR count). The largest absolute Gasteiger partial charge is 0.462 e. The van der Waals surface area contributed by atoms with Gasteiger partial charge in [-0.25, -0.2) is 0 Å². The van der Waals surface area contributed by atoms with Crippen LogP contribution < -0.4 is 0 Å². The SMILES string of the molecule is CCC/C=C\CCCCCCCC(=O)OCC(COC(=O)CCCCCCCCCCCCCCCCC/C=C\C/C=C\CCCCCCC)OC(=O)CCCCCCCCCCCCCCCCCCCCCCC. The Hall–Kier alpha value is -2.37. The first-order valence-electron chi connectivity index (χ1n) is 34.0. The van der Waals surface area contributed by atoms with Gasteiger partial charge in [0, 0.05) is 19.3 Å². The van der Waals surface area contributed by atoms with E-state index in [-0.39, 0.29) is 31.1 Å². The molecule has 0 radical (unpaired) electrons. The van der Waals surface area contributed by atoms with E-state index >= 15 is 0 Å². The van der Waals surface area contributed by atoms with Crippen LogP contribution in [0.25, 0.3) is 0 Å². The quantitative estimate of drug-likeness (QED) is 0.0261. The molecule has 0 heterocycles. The summed E-state index contributed by atoms with van der Waals surface area (Å²) in [6.45, 7) is 6.63. The van der Waals surface area contributed by atoms with Crippen molar-refractivity contribution >= 4 is 17.9 Å². The van der Waals surface area contributed by atoms with Gasteiger partial charge in [-0.05, 0) is 70.6 Å². The van der Waals surface area contributed by atoms with Crippen molar-refractivity contribution in [3.05, 3.63) is 36.5 Å². The molecule has 76 heavy (non-hydrogen) atoms. The highest BCUT2D eigenvalue weighted by molar-refractivity contribution is 5.71. The van der Waals surface area contributed by atoms with E-state index in [1.807, 2.05) is 0 Å². The van der Waals surface area contributed by atoms with Gasteiger partial charge < -0.3 is 14.2 Å². The second-order valence-corrected chi connectivity index (χ2v) is 23.1. The maximum Gasteiger partial charge on any atom is 0.306 e. The third-order valence-corrected chi connectivity index (χ3v) is 15.3. The molecule has 0 N–H and O–H groups in total. The van der Waals surface area contributed by atoms with E-state index in [0.717, 1.165) is 77.0 Å². The molecule has 6 nitrogen and oxygen atoms in total. The van der Waals surface area contributed by atoms with Crippen molar-refractivity contribution in [3.8, 4) is 0 Å². The highest BCUT2D eigenvalue weighted by Crippen LogP contribution is 2.18. The lowest BCUT2D eigenvalue weighted by molar-refractivity contribution is -0.167. The van der Waals surface area contributed by atoms with Crippen molar-refractivity contribution in [2.75, 3.05) is 13.2 Å². The Labute approximate surface area is 474 Å². The molecule has 446 valence electrons. The lowest BCUT2D eigenvalue weighted by Crippen LogP contribution is -2.30. The maximum atomic E-state index is 12.9. The summed E-state index contributed by atoms with van der Waals surface area (Å²) in [6.07, 6.45) is 80.4. The fourth-order valence-electron chi connectivity index (χ4n) is 10.2. The van der Waals surface area contributed by atoms with Crippen molar-refractivity contribution in [3.63, 3.8) is 0 Å². The van der Waals surface area contributed by atoms with Crippen molar-refractivity contribution in [2.45, 2.75) is 380 Å². The van der Waals surface area contributed by atoms with E-state index in [1.54, 1.807) is 0 Å². The number of unbranched alkanes of at least 4 members (excludes halogenated alkanes) is 46. The Bertz CT molecular complexity index is 1270. The summed E-state index contributed by atoms with van der Waals surface area (Å²) in [5, 5.41) is 0. The molecule has 1 atom stereocenters. The van der Waals surface area contributed by atoms with Crippen LogP contribution in [0.1, 0.15) is 374 Å². The first kappa shape index (κ1) is 73.6. The van der Waals surface area contributed by atoms with Crippen LogP contribution in [0.3, 0.4) is 0 Å². The van der Waals surface area contributed by atoms with E-state index in [1.165, 1.54) is 257 Å². The third kappa shape index (κ3) is 62.5. The van der Waals surface area contributed by atoms with Gasteiger partial charge in [0.15, 0.2) is 6.10 Å².